The summed E-state index contributed by atoms with van der Waals surface area (Å²) >= 11 is 1.45. The first-order valence-corrected chi connectivity index (χ1v) is 12.6. The summed E-state index contributed by atoms with van der Waals surface area (Å²) in [4.78, 5) is 28.5. The molecule has 0 bridgehead atoms. The molecule has 6 nitrogen and oxygen atoms in total. The minimum absolute atomic E-state index is 0.0298. The number of aromatic nitrogens is 2. The molecule has 1 N–H and O–H groups in total. The topological polar surface area (TPSA) is 87.8 Å². The second-order valence-corrected chi connectivity index (χ2v) is 9.54. The third kappa shape index (κ3) is 4.17. The number of nitrogens with zero attached hydrogens (tertiary/aromatic N) is 3. The molecule has 0 radical (unpaired) electrons. The Morgan fingerprint density at radius 3 is 2.37 bits per heavy atom. The maximum Gasteiger partial charge on any atom is 0.280 e. The van der Waals surface area contributed by atoms with Crippen LogP contribution in [0.1, 0.15) is 46.1 Å². The summed E-state index contributed by atoms with van der Waals surface area (Å²) in [7, 11) is 0. The predicted octanol–water partition coefficient (Wildman–Crippen LogP) is 5.66. The molecular formula is C28H24N4O2S. The molecule has 0 saturated heterocycles. The van der Waals surface area contributed by atoms with E-state index < -0.39 is 11.5 Å². The van der Waals surface area contributed by atoms with Crippen LogP contribution < -0.4 is 10.9 Å². The Hall–Kier alpha value is -4.02. The summed E-state index contributed by atoms with van der Waals surface area (Å²) in [5.74, 6) is -0.522. The Balaban J connectivity index is 1.72. The van der Waals surface area contributed by atoms with Crippen LogP contribution in [0.2, 0.25) is 0 Å². The minimum Gasteiger partial charge on any atom is -0.312 e. The average molecular weight is 481 g/mol. The monoisotopic (exact) mass is 480 g/mol. The third-order valence-electron chi connectivity index (χ3n) is 6.30. The van der Waals surface area contributed by atoms with Crippen molar-refractivity contribution in [3.63, 3.8) is 0 Å². The molecule has 4 aromatic rings. The van der Waals surface area contributed by atoms with Gasteiger partial charge in [0.15, 0.2) is 0 Å². The maximum absolute atomic E-state index is 13.8. The highest BCUT2D eigenvalue weighted by atomic mass is 32.1. The fourth-order valence-corrected chi connectivity index (χ4v) is 5.85. The van der Waals surface area contributed by atoms with Crippen molar-refractivity contribution in [3.8, 4) is 28.5 Å². The second-order valence-electron chi connectivity index (χ2n) is 8.43. The molecule has 0 saturated carbocycles. The quantitative estimate of drug-likeness (QED) is 0.399. The third-order valence-corrected chi connectivity index (χ3v) is 7.51. The minimum atomic E-state index is -0.522. The molecule has 0 atom stereocenters. The van der Waals surface area contributed by atoms with Gasteiger partial charge in [0.25, 0.3) is 11.5 Å². The van der Waals surface area contributed by atoms with Crippen molar-refractivity contribution in [1.29, 1.82) is 5.26 Å². The van der Waals surface area contributed by atoms with Crippen molar-refractivity contribution in [2.75, 3.05) is 5.32 Å². The molecule has 2 aromatic heterocycles. The molecule has 2 heterocycles. The Morgan fingerprint density at radius 1 is 1.06 bits per heavy atom. The van der Waals surface area contributed by atoms with Gasteiger partial charge in [0, 0.05) is 22.5 Å². The van der Waals surface area contributed by atoms with Crippen LogP contribution in [0.25, 0.3) is 22.4 Å². The maximum atomic E-state index is 13.8. The van der Waals surface area contributed by atoms with Gasteiger partial charge in [-0.25, -0.2) is 4.68 Å². The van der Waals surface area contributed by atoms with Crippen molar-refractivity contribution in [2.45, 2.75) is 39.2 Å². The molecular weight excluding hydrogens is 456 g/mol. The van der Waals surface area contributed by atoms with Gasteiger partial charge < -0.3 is 5.32 Å². The largest absolute Gasteiger partial charge is 0.312 e. The molecule has 7 heteroatoms. The van der Waals surface area contributed by atoms with Gasteiger partial charge in [0.2, 0.25) is 0 Å². The highest BCUT2D eigenvalue weighted by molar-refractivity contribution is 7.16. The molecule has 1 aliphatic rings. The van der Waals surface area contributed by atoms with E-state index in [0.717, 1.165) is 47.3 Å². The van der Waals surface area contributed by atoms with Crippen LogP contribution in [0.15, 0.2) is 65.5 Å². The zero-order valence-electron chi connectivity index (χ0n) is 19.4. The predicted molar refractivity (Wildman–Crippen MR) is 139 cm³/mol. The van der Waals surface area contributed by atoms with Gasteiger partial charge in [-0.1, -0.05) is 60.7 Å². The molecule has 174 valence electrons. The van der Waals surface area contributed by atoms with Gasteiger partial charge in [-0.2, -0.15) is 10.4 Å². The summed E-state index contributed by atoms with van der Waals surface area (Å²) in [6, 6.07) is 21.2. The first-order valence-electron chi connectivity index (χ1n) is 11.7. The number of hydrogen-bond acceptors (Lipinski definition) is 5. The highest BCUT2D eigenvalue weighted by Crippen LogP contribution is 2.38. The van der Waals surface area contributed by atoms with Crippen LogP contribution in [-0.2, 0) is 19.4 Å². The molecule has 0 spiro atoms. The molecule has 5 rings (SSSR count). The van der Waals surface area contributed by atoms with Crippen molar-refractivity contribution >= 4 is 22.2 Å². The molecule has 0 aliphatic heterocycles. The Bertz CT molecular complexity index is 1500. The highest BCUT2D eigenvalue weighted by Gasteiger charge is 2.27. The number of thiophene rings is 1. The lowest BCUT2D eigenvalue weighted by atomic mass is 9.94. The number of fused-ring (bicyclic) bond motifs is 1. The first kappa shape index (κ1) is 22.8. The zero-order chi connectivity index (χ0) is 24.4. The molecule has 0 unspecified atom stereocenters. The van der Waals surface area contributed by atoms with Gasteiger partial charge in [-0.05, 0) is 43.7 Å². The number of amides is 1. The van der Waals surface area contributed by atoms with E-state index in [0.29, 0.717) is 28.4 Å². The van der Waals surface area contributed by atoms with E-state index in [-0.39, 0.29) is 5.56 Å². The Labute approximate surface area is 207 Å². The smallest absolute Gasteiger partial charge is 0.280 e. The summed E-state index contributed by atoms with van der Waals surface area (Å²) in [5.41, 5.74) is 3.73. The van der Waals surface area contributed by atoms with Crippen LogP contribution in [0, 0.1) is 11.3 Å². The summed E-state index contributed by atoms with van der Waals surface area (Å²) < 4.78 is 1.33. The summed E-state index contributed by atoms with van der Waals surface area (Å²) in [6.07, 6.45) is 3.87. The SMILES string of the molecule is CCn1nc(-c2ccccc2)c(-c2ccccc2)c(C(=O)Nc2sc3c(c2C#N)CCCC3)c1=O. The van der Waals surface area contributed by atoms with E-state index in [1.54, 1.807) is 0 Å². The van der Waals surface area contributed by atoms with Crippen molar-refractivity contribution in [1.82, 2.24) is 9.78 Å². The normalized spacial score (nSPS) is 12.6. The lowest BCUT2D eigenvalue weighted by Crippen LogP contribution is -2.32. The van der Waals surface area contributed by atoms with Gasteiger partial charge in [0.1, 0.15) is 16.6 Å². The lowest BCUT2D eigenvalue weighted by molar-refractivity contribution is 0.102. The van der Waals surface area contributed by atoms with E-state index in [2.05, 4.69) is 16.5 Å². The van der Waals surface area contributed by atoms with E-state index >= 15 is 0 Å². The van der Waals surface area contributed by atoms with Crippen LogP contribution in [0.3, 0.4) is 0 Å². The fourth-order valence-electron chi connectivity index (χ4n) is 4.62. The van der Waals surface area contributed by atoms with E-state index in [9.17, 15) is 14.9 Å². The van der Waals surface area contributed by atoms with Crippen molar-refractivity contribution in [2.24, 2.45) is 0 Å². The van der Waals surface area contributed by atoms with Gasteiger partial charge in [-0.3, -0.25) is 9.59 Å². The fraction of sp³-hybridized carbons (Fsp3) is 0.214. The lowest BCUT2D eigenvalue weighted by Gasteiger charge is -2.16. The first-order chi connectivity index (χ1) is 17.1. The van der Waals surface area contributed by atoms with Gasteiger partial charge in [0.05, 0.1) is 11.3 Å². The average Bonchev–Trinajstić information content (AvgIpc) is 3.26. The number of hydrogen-bond donors (Lipinski definition) is 1. The van der Waals surface area contributed by atoms with Crippen LogP contribution in [0.5, 0.6) is 0 Å². The zero-order valence-corrected chi connectivity index (χ0v) is 20.2. The van der Waals surface area contributed by atoms with E-state index in [1.165, 1.54) is 16.0 Å². The van der Waals surface area contributed by atoms with Crippen LogP contribution in [0.4, 0.5) is 5.00 Å². The number of benzene rings is 2. The number of nitriles is 1. The number of rotatable bonds is 5. The molecule has 2 aromatic carbocycles. The number of aryl methyl sites for hydroxylation is 2. The van der Waals surface area contributed by atoms with Crippen molar-refractivity contribution in [3.05, 3.63) is 92.6 Å². The Kier molecular flexibility index (Phi) is 6.30. The van der Waals surface area contributed by atoms with Crippen molar-refractivity contribution < 1.29 is 4.79 Å². The van der Waals surface area contributed by atoms with Crippen LogP contribution >= 0.6 is 11.3 Å². The molecule has 1 aliphatic carbocycles. The standard InChI is InChI=1S/C28H24N4O2S/c1-2-32-28(34)24(26(33)30-27-21(17-29)20-15-9-10-16-22(20)35-27)23(18-11-5-3-6-12-18)25(31-32)19-13-7-4-8-14-19/h3-8,11-14H,2,9-10,15-16H2,1H3,(H,30,33). The van der Waals surface area contributed by atoms with Gasteiger partial charge >= 0.3 is 0 Å². The summed E-state index contributed by atoms with van der Waals surface area (Å²) in [5, 5.41) is 17.9. The number of carbonyl (C=O) groups excluding carboxylic acids is 1. The number of anilines is 1. The molecule has 1 amide bonds. The van der Waals surface area contributed by atoms with E-state index in [4.69, 9.17) is 0 Å². The van der Waals surface area contributed by atoms with E-state index in [1.807, 2.05) is 67.6 Å². The number of nitrogens with one attached hydrogen (secondary N) is 1. The molecule has 35 heavy (non-hydrogen) atoms. The van der Waals surface area contributed by atoms with Gasteiger partial charge in [-0.15, -0.1) is 11.3 Å². The molecule has 0 fully saturated rings. The van der Waals surface area contributed by atoms with Crippen LogP contribution in [-0.4, -0.2) is 15.7 Å². The summed E-state index contributed by atoms with van der Waals surface area (Å²) in [6.45, 7) is 2.15. The number of carbonyl (C=O) groups is 1. The second kappa shape index (κ2) is 9.69. The Morgan fingerprint density at radius 2 is 1.71 bits per heavy atom.